The van der Waals surface area contributed by atoms with Crippen molar-refractivity contribution in [2.75, 3.05) is 0 Å². The van der Waals surface area contributed by atoms with Crippen LogP contribution in [0.2, 0.25) is 0 Å². The van der Waals surface area contributed by atoms with E-state index in [0.29, 0.717) is 0 Å². The Morgan fingerprint density at radius 3 is 2.14 bits per heavy atom. The number of thioether (sulfide) groups is 1. The minimum atomic E-state index is -0.123. The van der Waals surface area contributed by atoms with Crippen LogP contribution in [0, 0.1) is 0 Å². The standard InChI is InChI=1S/C19H18N2S/c20-19(16-9-5-2-6-10-16)17-11-12-18(21-13-17)22-14-15-7-3-1-4-8-15/h1-13,19H,14,20H2/t19-/m0/s1. The molecule has 1 heterocycles. The molecule has 0 saturated heterocycles. The molecule has 2 N–H and O–H groups in total. The molecular formula is C19H18N2S. The minimum Gasteiger partial charge on any atom is -0.320 e. The average Bonchev–Trinajstić information content (AvgIpc) is 2.61. The van der Waals surface area contributed by atoms with E-state index in [2.05, 4.69) is 35.3 Å². The van der Waals surface area contributed by atoms with Crippen LogP contribution in [0.15, 0.2) is 84.0 Å². The van der Waals surface area contributed by atoms with Crippen LogP contribution in [-0.4, -0.2) is 4.98 Å². The summed E-state index contributed by atoms with van der Waals surface area (Å²) < 4.78 is 0. The molecule has 0 amide bonds. The Balaban J connectivity index is 1.65. The van der Waals surface area contributed by atoms with Gasteiger partial charge in [0.1, 0.15) is 0 Å². The summed E-state index contributed by atoms with van der Waals surface area (Å²) in [4.78, 5) is 4.52. The highest BCUT2D eigenvalue weighted by molar-refractivity contribution is 7.98. The topological polar surface area (TPSA) is 38.9 Å². The molecule has 1 aromatic heterocycles. The van der Waals surface area contributed by atoms with Crippen molar-refractivity contribution in [2.45, 2.75) is 16.8 Å². The van der Waals surface area contributed by atoms with Crippen molar-refractivity contribution >= 4 is 11.8 Å². The molecule has 0 aliphatic rings. The van der Waals surface area contributed by atoms with Gasteiger partial charge in [0.25, 0.3) is 0 Å². The highest BCUT2D eigenvalue weighted by atomic mass is 32.2. The van der Waals surface area contributed by atoms with Gasteiger partial charge < -0.3 is 5.73 Å². The Morgan fingerprint density at radius 1 is 0.818 bits per heavy atom. The fraction of sp³-hybridized carbons (Fsp3) is 0.105. The molecule has 22 heavy (non-hydrogen) atoms. The molecular weight excluding hydrogens is 288 g/mol. The van der Waals surface area contributed by atoms with Crippen molar-refractivity contribution in [3.05, 3.63) is 95.7 Å². The summed E-state index contributed by atoms with van der Waals surface area (Å²) in [5, 5.41) is 1.02. The fourth-order valence-corrected chi connectivity index (χ4v) is 3.04. The Hall–Kier alpha value is -2.10. The first kappa shape index (κ1) is 14.8. The summed E-state index contributed by atoms with van der Waals surface area (Å²) in [7, 11) is 0. The van der Waals surface area contributed by atoms with Gasteiger partial charge in [0.05, 0.1) is 11.1 Å². The number of pyridine rings is 1. The van der Waals surface area contributed by atoms with Gasteiger partial charge in [0.15, 0.2) is 0 Å². The molecule has 0 bridgehead atoms. The Bertz CT molecular complexity index is 697. The molecule has 0 fully saturated rings. The Kier molecular flexibility index (Phi) is 4.88. The van der Waals surface area contributed by atoms with Crippen molar-refractivity contribution in [3.63, 3.8) is 0 Å². The second-order valence-electron chi connectivity index (χ2n) is 5.09. The third kappa shape index (κ3) is 3.75. The van der Waals surface area contributed by atoms with E-state index in [-0.39, 0.29) is 6.04 Å². The van der Waals surface area contributed by atoms with Crippen LogP contribution in [0.25, 0.3) is 0 Å². The molecule has 3 heteroatoms. The Labute approximate surface area is 135 Å². The van der Waals surface area contributed by atoms with Crippen molar-refractivity contribution in [3.8, 4) is 0 Å². The number of hydrogen-bond donors (Lipinski definition) is 1. The number of rotatable bonds is 5. The van der Waals surface area contributed by atoms with Crippen molar-refractivity contribution in [2.24, 2.45) is 5.73 Å². The first-order valence-electron chi connectivity index (χ1n) is 7.26. The van der Waals surface area contributed by atoms with Crippen LogP contribution in [0.5, 0.6) is 0 Å². The largest absolute Gasteiger partial charge is 0.320 e. The van der Waals surface area contributed by atoms with E-state index >= 15 is 0 Å². The molecule has 0 aliphatic heterocycles. The molecule has 0 aliphatic carbocycles. The zero-order chi connectivity index (χ0) is 15.2. The van der Waals surface area contributed by atoms with Crippen LogP contribution in [0.3, 0.4) is 0 Å². The van der Waals surface area contributed by atoms with E-state index in [0.717, 1.165) is 21.9 Å². The van der Waals surface area contributed by atoms with Crippen molar-refractivity contribution < 1.29 is 0 Å². The molecule has 3 aromatic rings. The van der Waals surface area contributed by atoms with E-state index in [1.54, 1.807) is 11.8 Å². The summed E-state index contributed by atoms with van der Waals surface area (Å²) in [5.41, 5.74) is 9.73. The van der Waals surface area contributed by atoms with Gasteiger partial charge in [-0.15, -0.1) is 11.8 Å². The highest BCUT2D eigenvalue weighted by Crippen LogP contribution is 2.23. The third-order valence-corrected chi connectivity index (χ3v) is 4.52. The normalized spacial score (nSPS) is 12.0. The first-order chi connectivity index (χ1) is 10.8. The zero-order valence-electron chi connectivity index (χ0n) is 12.2. The smallest absolute Gasteiger partial charge is 0.0963 e. The molecule has 0 spiro atoms. The predicted molar refractivity (Wildman–Crippen MR) is 92.7 cm³/mol. The Morgan fingerprint density at radius 2 is 1.50 bits per heavy atom. The van der Waals surface area contributed by atoms with Crippen LogP contribution in [0.4, 0.5) is 0 Å². The van der Waals surface area contributed by atoms with E-state index in [1.807, 2.05) is 48.7 Å². The van der Waals surface area contributed by atoms with Crippen molar-refractivity contribution in [1.82, 2.24) is 4.98 Å². The molecule has 0 unspecified atom stereocenters. The highest BCUT2D eigenvalue weighted by Gasteiger charge is 2.08. The molecule has 2 nitrogen and oxygen atoms in total. The summed E-state index contributed by atoms with van der Waals surface area (Å²) >= 11 is 1.74. The summed E-state index contributed by atoms with van der Waals surface area (Å²) in [6.45, 7) is 0. The third-order valence-electron chi connectivity index (χ3n) is 3.51. The van der Waals surface area contributed by atoms with Gasteiger partial charge in [-0.05, 0) is 22.8 Å². The van der Waals surface area contributed by atoms with Crippen LogP contribution in [0.1, 0.15) is 22.7 Å². The minimum absolute atomic E-state index is 0.123. The maximum atomic E-state index is 6.28. The van der Waals surface area contributed by atoms with Crippen molar-refractivity contribution in [1.29, 1.82) is 0 Å². The lowest BCUT2D eigenvalue weighted by atomic mass is 10.0. The van der Waals surface area contributed by atoms with Gasteiger partial charge in [-0.25, -0.2) is 4.98 Å². The van der Waals surface area contributed by atoms with Gasteiger partial charge in [-0.1, -0.05) is 66.7 Å². The van der Waals surface area contributed by atoms with Gasteiger partial charge in [-0.3, -0.25) is 0 Å². The number of benzene rings is 2. The summed E-state index contributed by atoms with van der Waals surface area (Å²) in [6, 6.07) is 24.5. The first-order valence-corrected chi connectivity index (χ1v) is 8.25. The monoisotopic (exact) mass is 306 g/mol. The lowest BCUT2D eigenvalue weighted by Crippen LogP contribution is -2.11. The quantitative estimate of drug-likeness (QED) is 0.709. The van der Waals surface area contributed by atoms with E-state index in [1.165, 1.54) is 5.56 Å². The van der Waals surface area contributed by atoms with E-state index < -0.39 is 0 Å². The fourth-order valence-electron chi connectivity index (χ4n) is 2.25. The molecule has 0 saturated carbocycles. The summed E-state index contributed by atoms with van der Waals surface area (Å²) in [5.74, 6) is 0.928. The lowest BCUT2D eigenvalue weighted by Gasteiger charge is -2.12. The zero-order valence-corrected chi connectivity index (χ0v) is 13.0. The van der Waals surface area contributed by atoms with E-state index in [9.17, 15) is 0 Å². The predicted octanol–water partition coefficient (Wildman–Crippen LogP) is 4.42. The summed E-state index contributed by atoms with van der Waals surface area (Å²) in [6.07, 6.45) is 1.88. The molecule has 0 radical (unpaired) electrons. The molecule has 110 valence electrons. The number of nitrogens with two attached hydrogens (primary N) is 1. The van der Waals surface area contributed by atoms with Gasteiger partial charge in [-0.2, -0.15) is 0 Å². The van der Waals surface area contributed by atoms with E-state index in [4.69, 9.17) is 5.73 Å². The lowest BCUT2D eigenvalue weighted by molar-refractivity contribution is 0.855. The molecule has 1 atom stereocenters. The molecule has 2 aromatic carbocycles. The average molecular weight is 306 g/mol. The molecule has 3 rings (SSSR count). The maximum Gasteiger partial charge on any atom is 0.0963 e. The SMILES string of the molecule is N[C@@H](c1ccccc1)c1ccc(SCc2ccccc2)nc1. The second-order valence-corrected chi connectivity index (χ2v) is 6.09. The second kappa shape index (κ2) is 7.25. The van der Waals surface area contributed by atoms with Gasteiger partial charge in [0.2, 0.25) is 0 Å². The number of aromatic nitrogens is 1. The van der Waals surface area contributed by atoms with Crippen LogP contribution < -0.4 is 5.73 Å². The van der Waals surface area contributed by atoms with Gasteiger partial charge >= 0.3 is 0 Å². The van der Waals surface area contributed by atoms with Gasteiger partial charge in [0, 0.05) is 11.9 Å². The van der Waals surface area contributed by atoms with Crippen LogP contribution in [-0.2, 0) is 5.75 Å². The number of nitrogens with zero attached hydrogens (tertiary/aromatic N) is 1. The number of hydrogen-bond acceptors (Lipinski definition) is 3. The maximum absolute atomic E-state index is 6.28. The van der Waals surface area contributed by atoms with Crippen LogP contribution >= 0.6 is 11.8 Å².